The highest BCUT2D eigenvalue weighted by Crippen LogP contribution is 2.25. The summed E-state index contributed by atoms with van der Waals surface area (Å²) in [7, 11) is 0. The van der Waals surface area contributed by atoms with Crippen molar-refractivity contribution >= 4 is 16.5 Å². The molecule has 0 unspecified atom stereocenters. The van der Waals surface area contributed by atoms with Gasteiger partial charge < -0.3 is 4.90 Å². The maximum atomic E-state index is 2.49. The van der Waals surface area contributed by atoms with Crippen molar-refractivity contribution < 1.29 is 0 Å². The van der Waals surface area contributed by atoms with Crippen LogP contribution in [-0.4, -0.2) is 13.1 Å². The van der Waals surface area contributed by atoms with E-state index < -0.39 is 0 Å². The average molecular weight is 211 g/mol. The van der Waals surface area contributed by atoms with E-state index >= 15 is 0 Å². The van der Waals surface area contributed by atoms with Crippen molar-refractivity contribution in [2.75, 3.05) is 18.0 Å². The van der Waals surface area contributed by atoms with Gasteiger partial charge in [-0.1, -0.05) is 29.8 Å². The van der Waals surface area contributed by atoms with Crippen LogP contribution >= 0.6 is 0 Å². The monoisotopic (exact) mass is 211 g/mol. The number of aryl methyl sites for hydroxylation is 1. The first-order chi connectivity index (χ1) is 7.83. The van der Waals surface area contributed by atoms with Gasteiger partial charge in [-0.05, 0) is 42.7 Å². The van der Waals surface area contributed by atoms with Crippen LogP contribution < -0.4 is 4.90 Å². The summed E-state index contributed by atoms with van der Waals surface area (Å²) in [6.45, 7) is 4.59. The first kappa shape index (κ1) is 9.71. The lowest BCUT2D eigenvalue weighted by molar-refractivity contribution is 0.949. The zero-order chi connectivity index (χ0) is 11.0. The Morgan fingerprint density at radius 1 is 0.875 bits per heavy atom. The molecule has 0 aromatic heterocycles. The van der Waals surface area contributed by atoms with Crippen molar-refractivity contribution in [1.29, 1.82) is 0 Å². The number of anilines is 1. The summed E-state index contributed by atoms with van der Waals surface area (Å²) in [5.74, 6) is 0. The normalized spacial score (nSPS) is 15.9. The molecule has 1 nitrogen and oxygen atoms in total. The molecule has 0 radical (unpaired) electrons. The Morgan fingerprint density at radius 2 is 1.56 bits per heavy atom. The Bertz CT molecular complexity index is 510. The summed E-state index contributed by atoms with van der Waals surface area (Å²) in [4.78, 5) is 2.49. The van der Waals surface area contributed by atoms with Crippen LogP contribution in [0.5, 0.6) is 0 Å². The van der Waals surface area contributed by atoms with Gasteiger partial charge in [-0.15, -0.1) is 0 Å². The van der Waals surface area contributed by atoms with Gasteiger partial charge in [-0.2, -0.15) is 0 Å². The Kier molecular flexibility index (Phi) is 2.32. The number of nitrogens with zero attached hydrogens (tertiary/aromatic N) is 1. The van der Waals surface area contributed by atoms with Crippen LogP contribution in [0.4, 0.5) is 5.69 Å². The van der Waals surface area contributed by atoms with Gasteiger partial charge in [0, 0.05) is 18.8 Å². The smallest absolute Gasteiger partial charge is 0.0372 e. The van der Waals surface area contributed by atoms with Crippen molar-refractivity contribution in [2.45, 2.75) is 19.8 Å². The van der Waals surface area contributed by atoms with Crippen molar-refractivity contribution in [3.05, 3.63) is 42.0 Å². The van der Waals surface area contributed by atoms with Crippen LogP contribution in [0.1, 0.15) is 18.4 Å². The first-order valence-electron chi connectivity index (χ1n) is 6.08. The summed E-state index contributed by atoms with van der Waals surface area (Å²) < 4.78 is 0. The highest BCUT2D eigenvalue weighted by Gasteiger charge is 2.12. The molecule has 0 spiro atoms. The number of rotatable bonds is 1. The highest BCUT2D eigenvalue weighted by atomic mass is 15.1. The molecule has 2 aromatic rings. The standard InChI is InChI=1S/C15H17N/c1-12-4-5-14-11-15(7-6-13(14)10-12)16-8-2-3-9-16/h4-7,10-11H,2-3,8-9H2,1H3. The highest BCUT2D eigenvalue weighted by molar-refractivity contribution is 5.86. The lowest BCUT2D eigenvalue weighted by atomic mass is 10.1. The third-order valence-electron chi connectivity index (χ3n) is 3.45. The molecule has 0 aliphatic carbocycles. The molecule has 3 rings (SSSR count). The van der Waals surface area contributed by atoms with E-state index in [2.05, 4.69) is 48.2 Å². The molecule has 82 valence electrons. The predicted octanol–water partition coefficient (Wildman–Crippen LogP) is 3.75. The van der Waals surface area contributed by atoms with E-state index in [1.807, 2.05) is 0 Å². The Balaban J connectivity index is 2.05. The third-order valence-corrected chi connectivity index (χ3v) is 3.45. The third kappa shape index (κ3) is 1.67. The minimum Gasteiger partial charge on any atom is -0.372 e. The van der Waals surface area contributed by atoms with Gasteiger partial charge in [0.2, 0.25) is 0 Å². The average Bonchev–Trinajstić information content (AvgIpc) is 2.82. The molecule has 0 saturated carbocycles. The van der Waals surface area contributed by atoms with Crippen LogP contribution in [-0.2, 0) is 0 Å². The molecule has 1 heterocycles. The number of fused-ring (bicyclic) bond motifs is 1. The van der Waals surface area contributed by atoms with Crippen LogP contribution in [0.3, 0.4) is 0 Å². The maximum Gasteiger partial charge on any atom is 0.0372 e. The van der Waals surface area contributed by atoms with Gasteiger partial charge in [-0.25, -0.2) is 0 Å². The molecule has 0 amide bonds. The van der Waals surface area contributed by atoms with Gasteiger partial charge in [0.1, 0.15) is 0 Å². The molecule has 1 saturated heterocycles. The largest absolute Gasteiger partial charge is 0.372 e. The second-order valence-electron chi connectivity index (χ2n) is 4.73. The minimum absolute atomic E-state index is 1.22. The minimum atomic E-state index is 1.22. The SMILES string of the molecule is Cc1ccc2cc(N3CCCC3)ccc2c1. The Hall–Kier alpha value is -1.50. The van der Waals surface area contributed by atoms with Crippen molar-refractivity contribution in [2.24, 2.45) is 0 Å². The van der Waals surface area contributed by atoms with Gasteiger partial charge in [0.15, 0.2) is 0 Å². The first-order valence-corrected chi connectivity index (χ1v) is 6.08. The Morgan fingerprint density at radius 3 is 2.38 bits per heavy atom. The van der Waals surface area contributed by atoms with E-state index in [4.69, 9.17) is 0 Å². The summed E-state index contributed by atoms with van der Waals surface area (Å²) >= 11 is 0. The molecule has 16 heavy (non-hydrogen) atoms. The topological polar surface area (TPSA) is 3.24 Å². The zero-order valence-electron chi connectivity index (χ0n) is 9.74. The lowest BCUT2D eigenvalue weighted by Gasteiger charge is -2.18. The van der Waals surface area contributed by atoms with E-state index in [1.54, 1.807) is 0 Å². The van der Waals surface area contributed by atoms with E-state index in [1.165, 1.54) is 48.0 Å². The van der Waals surface area contributed by atoms with Crippen LogP contribution in [0.2, 0.25) is 0 Å². The summed E-state index contributed by atoms with van der Waals surface area (Å²) in [5, 5.41) is 2.71. The summed E-state index contributed by atoms with van der Waals surface area (Å²) in [6.07, 6.45) is 2.68. The fraction of sp³-hybridized carbons (Fsp3) is 0.333. The molecule has 0 atom stereocenters. The lowest BCUT2D eigenvalue weighted by Crippen LogP contribution is -2.17. The van der Waals surface area contributed by atoms with Gasteiger partial charge in [0.25, 0.3) is 0 Å². The van der Waals surface area contributed by atoms with Crippen LogP contribution in [0.25, 0.3) is 10.8 Å². The summed E-state index contributed by atoms with van der Waals surface area (Å²) in [6, 6.07) is 13.5. The zero-order valence-corrected chi connectivity index (χ0v) is 9.74. The molecule has 0 bridgehead atoms. The van der Waals surface area contributed by atoms with Crippen LogP contribution in [0, 0.1) is 6.92 Å². The number of benzene rings is 2. The molecule has 1 aliphatic heterocycles. The van der Waals surface area contributed by atoms with Gasteiger partial charge in [-0.3, -0.25) is 0 Å². The molecular weight excluding hydrogens is 194 g/mol. The summed E-state index contributed by atoms with van der Waals surface area (Å²) in [5.41, 5.74) is 2.72. The fourth-order valence-corrected chi connectivity index (χ4v) is 2.52. The predicted molar refractivity (Wildman–Crippen MR) is 70.1 cm³/mol. The molecule has 1 fully saturated rings. The number of hydrogen-bond acceptors (Lipinski definition) is 1. The molecule has 2 aromatic carbocycles. The van der Waals surface area contributed by atoms with E-state index in [0.717, 1.165) is 0 Å². The molecule has 0 N–H and O–H groups in total. The van der Waals surface area contributed by atoms with E-state index in [-0.39, 0.29) is 0 Å². The second kappa shape index (κ2) is 3.82. The molecular formula is C15H17N. The maximum absolute atomic E-state index is 2.49. The quantitative estimate of drug-likeness (QED) is 0.694. The van der Waals surface area contributed by atoms with E-state index in [0.29, 0.717) is 0 Å². The van der Waals surface area contributed by atoms with E-state index in [9.17, 15) is 0 Å². The molecule has 1 aliphatic rings. The van der Waals surface area contributed by atoms with Crippen LogP contribution in [0.15, 0.2) is 36.4 Å². The Labute approximate surface area is 96.7 Å². The van der Waals surface area contributed by atoms with Gasteiger partial charge >= 0.3 is 0 Å². The number of hydrogen-bond donors (Lipinski definition) is 0. The second-order valence-corrected chi connectivity index (χ2v) is 4.73. The molecule has 1 heteroatoms. The van der Waals surface area contributed by atoms with Crippen molar-refractivity contribution in [3.8, 4) is 0 Å². The van der Waals surface area contributed by atoms with Crippen molar-refractivity contribution in [1.82, 2.24) is 0 Å². The van der Waals surface area contributed by atoms with Crippen molar-refractivity contribution in [3.63, 3.8) is 0 Å². The van der Waals surface area contributed by atoms with Gasteiger partial charge in [0.05, 0.1) is 0 Å². The fourth-order valence-electron chi connectivity index (χ4n) is 2.52.